The maximum Gasteiger partial charge on any atom is 0.226 e. The van der Waals surface area contributed by atoms with E-state index < -0.39 is 0 Å². The van der Waals surface area contributed by atoms with E-state index in [4.69, 9.17) is 21.1 Å². The first-order valence-corrected chi connectivity index (χ1v) is 9.19. The molecule has 0 aromatic heterocycles. The number of rotatable bonds is 6. The van der Waals surface area contributed by atoms with E-state index in [0.717, 1.165) is 12.0 Å². The minimum atomic E-state index is -0.244. The first-order chi connectivity index (χ1) is 13.1. The first-order valence-electron chi connectivity index (χ1n) is 8.81. The Morgan fingerprint density at radius 2 is 1.70 bits per heavy atom. The summed E-state index contributed by atoms with van der Waals surface area (Å²) in [6.45, 7) is 1.37. The number of hydrogen-bond donors (Lipinski definition) is 2. The molecule has 0 spiro atoms. The summed E-state index contributed by atoms with van der Waals surface area (Å²) in [5, 5.41) is 5.87. The topological polar surface area (TPSA) is 76.7 Å². The fraction of sp³-hybridized carbons (Fsp3) is 0.300. The van der Waals surface area contributed by atoms with Gasteiger partial charge >= 0.3 is 0 Å². The van der Waals surface area contributed by atoms with Crippen LogP contribution in [0, 0.1) is 0 Å². The molecule has 2 amide bonds. The Morgan fingerprint density at radius 1 is 1.00 bits per heavy atom. The predicted octanol–water partition coefficient (Wildman–Crippen LogP) is 3.19. The van der Waals surface area contributed by atoms with Gasteiger partial charge < -0.3 is 20.1 Å². The van der Waals surface area contributed by atoms with Crippen LogP contribution in [-0.4, -0.2) is 31.6 Å². The van der Waals surface area contributed by atoms with Gasteiger partial charge in [0.1, 0.15) is 0 Å². The van der Waals surface area contributed by atoms with E-state index >= 15 is 0 Å². The van der Waals surface area contributed by atoms with E-state index in [1.54, 1.807) is 12.1 Å². The van der Waals surface area contributed by atoms with Gasteiger partial charge in [-0.1, -0.05) is 41.9 Å². The van der Waals surface area contributed by atoms with E-state index in [-0.39, 0.29) is 31.2 Å². The van der Waals surface area contributed by atoms with Crippen LogP contribution in [0.15, 0.2) is 42.5 Å². The van der Waals surface area contributed by atoms with Gasteiger partial charge in [-0.3, -0.25) is 9.59 Å². The molecule has 3 rings (SSSR count). The fourth-order valence-electron chi connectivity index (χ4n) is 2.65. The lowest BCUT2D eigenvalue weighted by molar-refractivity contribution is -0.120. The SMILES string of the molecule is O=C(Cc1ccccc1)NCCC(=O)Nc1cc2c(cc1Cl)OCCCO2. The van der Waals surface area contributed by atoms with Gasteiger partial charge in [0.15, 0.2) is 11.5 Å². The van der Waals surface area contributed by atoms with Crippen LogP contribution >= 0.6 is 11.6 Å². The zero-order chi connectivity index (χ0) is 19.1. The van der Waals surface area contributed by atoms with Gasteiger partial charge in [0.05, 0.1) is 30.3 Å². The molecule has 0 fully saturated rings. The summed E-state index contributed by atoms with van der Waals surface area (Å²) in [7, 11) is 0. The van der Waals surface area contributed by atoms with Gasteiger partial charge in [-0.15, -0.1) is 0 Å². The maximum atomic E-state index is 12.1. The largest absolute Gasteiger partial charge is 0.490 e. The molecule has 0 radical (unpaired) electrons. The van der Waals surface area contributed by atoms with Crippen LogP contribution in [0.2, 0.25) is 5.02 Å². The molecule has 2 N–H and O–H groups in total. The van der Waals surface area contributed by atoms with Gasteiger partial charge in [-0.2, -0.15) is 0 Å². The molecule has 142 valence electrons. The van der Waals surface area contributed by atoms with Gasteiger partial charge in [0, 0.05) is 31.5 Å². The van der Waals surface area contributed by atoms with Crippen LogP contribution in [-0.2, 0) is 16.0 Å². The normalized spacial score (nSPS) is 12.8. The third-order valence-electron chi connectivity index (χ3n) is 3.99. The Balaban J connectivity index is 1.48. The lowest BCUT2D eigenvalue weighted by atomic mass is 10.1. The number of carbonyl (C=O) groups is 2. The molecule has 2 aromatic carbocycles. The summed E-state index contributed by atoms with van der Waals surface area (Å²) >= 11 is 6.21. The number of benzene rings is 2. The number of fused-ring (bicyclic) bond motifs is 1. The summed E-state index contributed by atoms with van der Waals surface area (Å²) in [6.07, 6.45) is 1.22. The van der Waals surface area contributed by atoms with E-state index in [1.807, 2.05) is 30.3 Å². The van der Waals surface area contributed by atoms with Crippen molar-refractivity contribution in [2.24, 2.45) is 0 Å². The van der Waals surface area contributed by atoms with Crippen molar-refractivity contribution in [3.05, 3.63) is 53.1 Å². The molecule has 7 heteroatoms. The molecule has 0 bridgehead atoms. The standard InChI is InChI=1S/C20H21ClN2O4/c21-15-12-17-18(27-10-4-9-26-17)13-16(15)23-19(24)7-8-22-20(25)11-14-5-2-1-3-6-14/h1-3,5-6,12-13H,4,7-11H2,(H,22,25)(H,23,24). The van der Waals surface area contributed by atoms with Crippen molar-refractivity contribution in [3.63, 3.8) is 0 Å². The second-order valence-corrected chi connectivity index (χ2v) is 6.55. The predicted molar refractivity (Wildman–Crippen MR) is 103 cm³/mol. The van der Waals surface area contributed by atoms with E-state index in [0.29, 0.717) is 35.4 Å². The Morgan fingerprint density at radius 3 is 2.44 bits per heavy atom. The molecular formula is C20H21ClN2O4. The van der Waals surface area contributed by atoms with Crippen molar-refractivity contribution in [3.8, 4) is 11.5 Å². The van der Waals surface area contributed by atoms with Crippen LogP contribution in [0.5, 0.6) is 11.5 Å². The Labute approximate surface area is 162 Å². The van der Waals surface area contributed by atoms with E-state index in [1.165, 1.54) is 0 Å². The fourth-order valence-corrected chi connectivity index (χ4v) is 2.85. The maximum absolute atomic E-state index is 12.1. The average Bonchev–Trinajstić information content (AvgIpc) is 2.88. The molecule has 0 unspecified atom stereocenters. The van der Waals surface area contributed by atoms with Gasteiger partial charge in [-0.05, 0) is 5.56 Å². The van der Waals surface area contributed by atoms with Crippen LogP contribution in [0.4, 0.5) is 5.69 Å². The van der Waals surface area contributed by atoms with Crippen LogP contribution in [0.3, 0.4) is 0 Å². The van der Waals surface area contributed by atoms with Crippen LogP contribution in [0.1, 0.15) is 18.4 Å². The lowest BCUT2D eigenvalue weighted by Gasteiger charge is -2.12. The summed E-state index contributed by atoms with van der Waals surface area (Å²) in [6, 6.07) is 12.7. The second kappa shape index (κ2) is 9.28. The van der Waals surface area contributed by atoms with Crippen molar-refractivity contribution in [1.29, 1.82) is 0 Å². The molecule has 0 saturated heterocycles. The number of nitrogens with one attached hydrogen (secondary N) is 2. The number of ether oxygens (including phenoxy) is 2. The number of halogens is 1. The highest BCUT2D eigenvalue weighted by Crippen LogP contribution is 2.37. The highest BCUT2D eigenvalue weighted by atomic mass is 35.5. The van der Waals surface area contributed by atoms with Crippen molar-refractivity contribution in [2.75, 3.05) is 25.1 Å². The molecule has 27 heavy (non-hydrogen) atoms. The second-order valence-electron chi connectivity index (χ2n) is 6.14. The Hall–Kier alpha value is -2.73. The Kier molecular flexibility index (Phi) is 6.54. The molecular weight excluding hydrogens is 368 g/mol. The van der Waals surface area contributed by atoms with Gasteiger partial charge in [-0.25, -0.2) is 0 Å². The van der Waals surface area contributed by atoms with Crippen LogP contribution in [0.25, 0.3) is 0 Å². The lowest BCUT2D eigenvalue weighted by Crippen LogP contribution is -2.28. The van der Waals surface area contributed by atoms with Crippen molar-refractivity contribution in [1.82, 2.24) is 5.32 Å². The Bertz CT molecular complexity index is 811. The van der Waals surface area contributed by atoms with Crippen LogP contribution < -0.4 is 20.1 Å². The third kappa shape index (κ3) is 5.62. The van der Waals surface area contributed by atoms with Crippen molar-refractivity contribution < 1.29 is 19.1 Å². The van der Waals surface area contributed by atoms with E-state index in [9.17, 15) is 9.59 Å². The minimum Gasteiger partial charge on any atom is -0.490 e. The summed E-state index contributed by atoms with van der Waals surface area (Å²) in [5.41, 5.74) is 1.39. The smallest absolute Gasteiger partial charge is 0.226 e. The third-order valence-corrected chi connectivity index (χ3v) is 4.31. The van der Waals surface area contributed by atoms with Crippen molar-refractivity contribution >= 4 is 29.1 Å². The van der Waals surface area contributed by atoms with E-state index in [2.05, 4.69) is 10.6 Å². The summed E-state index contributed by atoms with van der Waals surface area (Å²) < 4.78 is 11.2. The highest BCUT2D eigenvalue weighted by Gasteiger charge is 2.15. The number of amides is 2. The molecule has 0 saturated carbocycles. The molecule has 6 nitrogen and oxygen atoms in total. The molecule has 1 heterocycles. The molecule has 1 aliphatic heterocycles. The molecule has 0 atom stereocenters. The monoisotopic (exact) mass is 388 g/mol. The summed E-state index contributed by atoms with van der Waals surface area (Å²) in [5.74, 6) is 0.765. The van der Waals surface area contributed by atoms with Gasteiger partial charge in [0.25, 0.3) is 0 Å². The molecule has 1 aliphatic rings. The van der Waals surface area contributed by atoms with Gasteiger partial charge in [0.2, 0.25) is 11.8 Å². The zero-order valence-corrected chi connectivity index (χ0v) is 15.6. The van der Waals surface area contributed by atoms with Crippen molar-refractivity contribution in [2.45, 2.75) is 19.3 Å². The molecule has 2 aromatic rings. The quantitative estimate of drug-likeness (QED) is 0.796. The minimum absolute atomic E-state index is 0.123. The summed E-state index contributed by atoms with van der Waals surface area (Å²) in [4.78, 5) is 24.1. The zero-order valence-electron chi connectivity index (χ0n) is 14.8. The first kappa shape index (κ1) is 19.0. The molecule has 0 aliphatic carbocycles. The number of carbonyl (C=O) groups excluding carboxylic acids is 2. The average molecular weight is 389 g/mol. The number of hydrogen-bond acceptors (Lipinski definition) is 4. The highest BCUT2D eigenvalue weighted by molar-refractivity contribution is 6.34. The number of anilines is 1.